The van der Waals surface area contributed by atoms with Crippen molar-refractivity contribution in [3.8, 4) is 5.75 Å². The van der Waals surface area contributed by atoms with Gasteiger partial charge >= 0.3 is 0 Å². The number of hydrogen-bond donors (Lipinski definition) is 2. The standard InChI is InChI=1S/C16H19BrN4O3/c17-15-14(24-7-5-11-8-18-10-19-11)4-3-13(21-15)16(22)20-12-2-1-6-23-9-12/h3-4,8,10,12H,1-2,5-7,9H2,(H,18,19)(H,20,22)/t12-/m1/s1. The molecule has 0 aromatic carbocycles. The monoisotopic (exact) mass is 394 g/mol. The third-order valence-corrected chi connectivity index (χ3v) is 4.29. The number of nitrogens with one attached hydrogen (secondary N) is 2. The minimum Gasteiger partial charge on any atom is -0.490 e. The molecule has 1 aliphatic heterocycles. The summed E-state index contributed by atoms with van der Waals surface area (Å²) in [6, 6.07) is 3.46. The molecular weight excluding hydrogens is 376 g/mol. The lowest BCUT2D eigenvalue weighted by atomic mass is 10.1. The van der Waals surface area contributed by atoms with E-state index in [0.717, 1.165) is 31.6 Å². The third kappa shape index (κ3) is 4.55. The van der Waals surface area contributed by atoms with Gasteiger partial charge in [0.25, 0.3) is 5.91 Å². The normalized spacial score (nSPS) is 17.5. The fourth-order valence-corrected chi connectivity index (χ4v) is 2.90. The predicted octanol–water partition coefficient (Wildman–Crippen LogP) is 2.10. The maximum Gasteiger partial charge on any atom is 0.270 e. The van der Waals surface area contributed by atoms with E-state index in [4.69, 9.17) is 9.47 Å². The first-order valence-corrected chi connectivity index (χ1v) is 8.67. The number of aromatic amines is 1. The van der Waals surface area contributed by atoms with Crippen LogP contribution in [0.5, 0.6) is 5.75 Å². The van der Waals surface area contributed by atoms with Crippen LogP contribution in [0.3, 0.4) is 0 Å². The Morgan fingerprint density at radius 2 is 2.42 bits per heavy atom. The molecule has 3 heterocycles. The summed E-state index contributed by atoms with van der Waals surface area (Å²) in [7, 11) is 0. The Hall–Kier alpha value is -1.93. The third-order valence-electron chi connectivity index (χ3n) is 3.73. The van der Waals surface area contributed by atoms with E-state index in [-0.39, 0.29) is 11.9 Å². The summed E-state index contributed by atoms with van der Waals surface area (Å²) >= 11 is 3.36. The molecule has 1 saturated heterocycles. The van der Waals surface area contributed by atoms with Crippen molar-refractivity contribution in [2.45, 2.75) is 25.3 Å². The van der Waals surface area contributed by atoms with Crippen molar-refractivity contribution in [1.29, 1.82) is 0 Å². The summed E-state index contributed by atoms with van der Waals surface area (Å²) < 4.78 is 11.6. The van der Waals surface area contributed by atoms with Gasteiger partial charge in [0.05, 0.1) is 25.6 Å². The highest BCUT2D eigenvalue weighted by molar-refractivity contribution is 9.10. The number of imidazole rings is 1. The van der Waals surface area contributed by atoms with Gasteiger partial charge in [-0.15, -0.1) is 0 Å². The summed E-state index contributed by atoms with van der Waals surface area (Å²) in [4.78, 5) is 23.5. The van der Waals surface area contributed by atoms with Crippen molar-refractivity contribution in [2.24, 2.45) is 0 Å². The van der Waals surface area contributed by atoms with Crippen LogP contribution in [0.4, 0.5) is 0 Å². The van der Waals surface area contributed by atoms with Crippen molar-refractivity contribution in [3.63, 3.8) is 0 Å². The lowest BCUT2D eigenvalue weighted by molar-refractivity contribution is 0.0622. The average Bonchev–Trinajstić information content (AvgIpc) is 3.10. The van der Waals surface area contributed by atoms with Crippen molar-refractivity contribution in [2.75, 3.05) is 19.8 Å². The van der Waals surface area contributed by atoms with Crippen LogP contribution in [0.25, 0.3) is 0 Å². The average molecular weight is 395 g/mol. The highest BCUT2D eigenvalue weighted by Crippen LogP contribution is 2.23. The second-order valence-corrected chi connectivity index (χ2v) is 6.30. The first kappa shape index (κ1) is 16.9. The topological polar surface area (TPSA) is 89.1 Å². The fourth-order valence-electron chi connectivity index (χ4n) is 2.46. The smallest absolute Gasteiger partial charge is 0.270 e. The van der Waals surface area contributed by atoms with Gasteiger partial charge in [0.15, 0.2) is 5.75 Å². The van der Waals surface area contributed by atoms with Gasteiger partial charge in [-0.1, -0.05) is 0 Å². The largest absolute Gasteiger partial charge is 0.490 e. The molecule has 1 atom stereocenters. The first-order chi connectivity index (χ1) is 11.7. The van der Waals surface area contributed by atoms with Gasteiger partial charge in [0, 0.05) is 24.9 Å². The van der Waals surface area contributed by atoms with Crippen LogP contribution in [0.2, 0.25) is 0 Å². The van der Waals surface area contributed by atoms with E-state index in [2.05, 4.69) is 36.2 Å². The van der Waals surface area contributed by atoms with Crippen LogP contribution in [-0.4, -0.2) is 46.7 Å². The quantitative estimate of drug-likeness (QED) is 0.732. The molecule has 8 heteroatoms. The Labute approximate surface area is 148 Å². The van der Waals surface area contributed by atoms with E-state index in [1.54, 1.807) is 24.7 Å². The van der Waals surface area contributed by atoms with Gasteiger partial charge < -0.3 is 19.8 Å². The van der Waals surface area contributed by atoms with Gasteiger partial charge in [-0.3, -0.25) is 4.79 Å². The highest BCUT2D eigenvalue weighted by Gasteiger charge is 2.18. The van der Waals surface area contributed by atoms with Crippen molar-refractivity contribution < 1.29 is 14.3 Å². The molecule has 1 amide bonds. The Morgan fingerprint density at radius 3 is 3.12 bits per heavy atom. The van der Waals surface area contributed by atoms with Gasteiger partial charge in [0.1, 0.15) is 10.3 Å². The summed E-state index contributed by atoms with van der Waals surface area (Å²) in [6.45, 7) is 1.82. The molecular formula is C16H19BrN4O3. The Kier molecular flexibility index (Phi) is 5.81. The SMILES string of the molecule is O=C(N[C@@H]1CCCOC1)c1ccc(OCCc2cnc[nH]2)c(Br)n1. The van der Waals surface area contributed by atoms with Crippen LogP contribution in [0.15, 0.2) is 29.3 Å². The summed E-state index contributed by atoms with van der Waals surface area (Å²) in [6.07, 6.45) is 6.01. The van der Waals surface area contributed by atoms with Crippen molar-refractivity contribution in [3.05, 3.63) is 40.6 Å². The number of carbonyl (C=O) groups excluding carboxylic acids is 1. The molecule has 24 heavy (non-hydrogen) atoms. The van der Waals surface area contributed by atoms with Gasteiger partial charge in [-0.2, -0.15) is 0 Å². The van der Waals surface area contributed by atoms with E-state index in [1.807, 2.05) is 0 Å². The zero-order chi connectivity index (χ0) is 16.8. The summed E-state index contributed by atoms with van der Waals surface area (Å²) in [5.74, 6) is 0.405. The summed E-state index contributed by atoms with van der Waals surface area (Å²) in [5, 5.41) is 2.94. The lowest BCUT2D eigenvalue weighted by Crippen LogP contribution is -2.40. The number of amides is 1. The van der Waals surface area contributed by atoms with Gasteiger partial charge in [0.2, 0.25) is 0 Å². The van der Waals surface area contributed by atoms with Crippen LogP contribution in [0.1, 0.15) is 29.0 Å². The number of halogens is 1. The molecule has 0 aliphatic carbocycles. The minimum atomic E-state index is -0.199. The lowest BCUT2D eigenvalue weighted by Gasteiger charge is -2.22. The molecule has 0 unspecified atom stereocenters. The van der Waals surface area contributed by atoms with Gasteiger partial charge in [-0.25, -0.2) is 9.97 Å². The van der Waals surface area contributed by atoms with E-state index >= 15 is 0 Å². The molecule has 2 N–H and O–H groups in total. The van der Waals surface area contributed by atoms with Crippen molar-refractivity contribution in [1.82, 2.24) is 20.3 Å². The zero-order valence-electron chi connectivity index (χ0n) is 13.1. The number of nitrogens with zero attached hydrogens (tertiary/aromatic N) is 2. The van der Waals surface area contributed by atoms with Crippen LogP contribution in [0, 0.1) is 0 Å². The molecule has 1 aliphatic rings. The van der Waals surface area contributed by atoms with Crippen LogP contribution < -0.4 is 10.1 Å². The number of ether oxygens (including phenoxy) is 2. The molecule has 0 bridgehead atoms. The fraction of sp³-hybridized carbons (Fsp3) is 0.438. The summed E-state index contributed by atoms with van der Waals surface area (Å²) in [5.41, 5.74) is 1.36. The molecule has 0 spiro atoms. The molecule has 2 aromatic heterocycles. The molecule has 3 rings (SSSR count). The Morgan fingerprint density at radius 1 is 1.50 bits per heavy atom. The highest BCUT2D eigenvalue weighted by atomic mass is 79.9. The maximum atomic E-state index is 12.2. The number of rotatable bonds is 6. The molecule has 1 fully saturated rings. The molecule has 128 valence electrons. The molecule has 7 nitrogen and oxygen atoms in total. The molecule has 0 radical (unpaired) electrons. The minimum absolute atomic E-state index is 0.0529. The van der Waals surface area contributed by atoms with E-state index in [9.17, 15) is 4.79 Å². The number of aromatic nitrogens is 3. The molecule has 0 saturated carbocycles. The Balaban J connectivity index is 1.54. The maximum absolute atomic E-state index is 12.2. The number of hydrogen-bond acceptors (Lipinski definition) is 5. The predicted molar refractivity (Wildman–Crippen MR) is 91.0 cm³/mol. The number of H-pyrrole nitrogens is 1. The van der Waals surface area contributed by atoms with Crippen LogP contribution >= 0.6 is 15.9 Å². The van der Waals surface area contributed by atoms with Gasteiger partial charge in [-0.05, 0) is 40.9 Å². The Bertz CT molecular complexity index is 672. The second-order valence-electron chi connectivity index (χ2n) is 5.55. The first-order valence-electron chi connectivity index (χ1n) is 7.87. The second kappa shape index (κ2) is 8.25. The van der Waals surface area contributed by atoms with E-state index in [0.29, 0.717) is 29.3 Å². The molecule has 2 aromatic rings. The van der Waals surface area contributed by atoms with E-state index < -0.39 is 0 Å². The number of carbonyl (C=O) groups is 1. The number of pyridine rings is 1. The zero-order valence-corrected chi connectivity index (χ0v) is 14.7. The van der Waals surface area contributed by atoms with Crippen LogP contribution in [-0.2, 0) is 11.2 Å². The van der Waals surface area contributed by atoms with Crippen molar-refractivity contribution >= 4 is 21.8 Å². The van der Waals surface area contributed by atoms with E-state index in [1.165, 1.54) is 0 Å².